The SMILES string of the molecule is C=CCOc1ccc(/C=C/C(=O)N2CCCC(CNC(=O)Nc3ccc(C)cc3)C2)cc1OC. The highest BCUT2D eigenvalue weighted by molar-refractivity contribution is 5.92. The summed E-state index contributed by atoms with van der Waals surface area (Å²) in [7, 11) is 1.58. The zero-order valence-electron chi connectivity index (χ0n) is 19.9. The molecule has 0 spiro atoms. The Labute approximate surface area is 201 Å². The van der Waals surface area contributed by atoms with Crippen LogP contribution in [0.2, 0.25) is 0 Å². The molecule has 3 rings (SSSR count). The molecule has 7 nitrogen and oxygen atoms in total. The third kappa shape index (κ3) is 7.40. The van der Waals surface area contributed by atoms with Gasteiger partial charge in [0.15, 0.2) is 11.5 Å². The number of carbonyl (C=O) groups is 2. The van der Waals surface area contributed by atoms with Crippen molar-refractivity contribution in [1.29, 1.82) is 0 Å². The minimum Gasteiger partial charge on any atom is -0.493 e. The number of rotatable bonds is 9. The number of ether oxygens (including phenoxy) is 2. The summed E-state index contributed by atoms with van der Waals surface area (Å²) in [6.45, 7) is 7.89. The summed E-state index contributed by atoms with van der Waals surface area (Å²) < 4.78 is 10.9. The number of urea groups is 1. The average molecular weight is 464 g/mol. The Morgan fingerprint density at radius 3 is 2.71 bits per heavy atom. The van der Waals surface area contributed by atoms with Crippen LogP contribution in [0.25, 0.3) is 6.08 Å². The molecule has 34 heavy (non-hydrogen) atoms. The molecule has 0 aliphatic carbocycles. The summed E-state index contributed by atoms with van der Waals surface area (Å²) in [6.07, 6.45) is 6.91. The molecule has 0 aromatic heterocycles. The van der Waals surface area contributed by atoms with Gasteiger partial charge in [0.05, 0.1) is 7.11 Å². The smallest absolute Gasteiger partial charge is 0.319 e. The highest BCUT2D eigenvalue weighted by atomic mass is 16.5. The molecule has 180 valence electrons. The van der Waals surface area contributed by atoms with Gasteiger partial charge in [-0.1, -0.05) is 36.4 Å². The molecule has 1 unspecified atom stereocenters. The molecular formula is C27H33N3O4. The number of amides is 3. The molecule has 7 heteroatoms. The van der Waals surface area contributed by atoms with Gasteiger partial charge in [0.25, 0.3) is 0 Å². The summed E-state index contributed by atoms with van der Waals surface area (Å²) in [5.74, 6) is 1.41. The third-order valence-electron chi connectivity index (χ3n) is 5.65. The molecule has 1 saturated heterocycles. The van der Waals surface area contributed by atoms with Gasteiger partial charge >= 0.3 is 6.03 Å². The summed E-state index contributed by atoms with van der Waals surface area (Å²) in [5, 5.41) is 5.77. The number of hydrogen-bond donors (Lipinski definition) is 2. The second-order valence-electron chi connectivity index (χ2n) is 8.34. The van der Waals surface area contributed by atoms with Crippen molar-refractivity contribution >= 4 is 23.7 Å². The third-order valence-corrected chi connectivity index (χ3v) is 5.65. The topological polar surface area (TPSA) is 79.9 Å². The van der Waals surface area contributed by atoms with Crippen LogP contribution in [0, 0.1) is 12.8 Å². The maximum Gasteiger partial charge on any atom is 0.319 e. The van der Waals surface area contributed by atoms with E-state index in [1.54, 1.807) is 25.3 Å². The van der Waals surface area contributed by atoms with Crippen LogP contribution in [0.15, 0.2) is 61.2 Å². The van der Waals surface area contributed by atoms with Crippen LogP contribution in [0.1, 0.15) is 24.0 Å². The first-order valence-corrected chi connectivity index (χ1v) is 11.5. The number of nitrogens with one attached hydrogen (secondary N) is 2. The molecule has 0 bridgehead atoms. The highest BCUT2D eigenvalue weighted by Gasteiger charge is 2.22. The van der Waals surface area contributed by atoms with E-state index in [1.165, 1.54) is 0 Å². The van der Waals surface area contributed by atoms with Crippen LogP contribution >= 0.6 is 0 Å². The van der Waals surface area contributed by atoms with Crippen molar-refractivity contribution in [3.05, 3.63) is 72.3 Å². The monoisotopic (exact) mass is 463 g/mol. The zero-order chi connectivity index (χ0) is 24.3. The molecule has 3 amide bonds. The van der Waals surface area contributed by atoms with Gasteiger partial charge in [-0.2, -0.15) is 0 Å². The Morgan fingerprint density at radius 2 is 1.97 bits per heavy atom. The van der Waals surface area contributed by atoms with Gasteiger partial charge in [0.1, 0.15) is 6.61 Å². The van der Waals surface area contributed by atoms with E-state index in [9.17, 15) is 9.59 Å². The highest BCUT2D eigenvalue weighted by Crippen LogP contribution is 2.28. The minimum atomic E-state index is -0.235. The Hall–Kier alpha value is -3.74. The first-order valence-electron chi connectivity index (χ1n) is 11.5. The molecule has 1 fully saturated rings. The van der Waals surface area contributed by atoms with E-state index in [0.29, 0.717) is 37.7 Å². The molecule has 0 radical (unpaired) electrons. The van der Waals surface area contributed by atoms with Crippen molar-refractivity contribution in [3.8, 4) is 11.5 Å². The predicted octanol–water partition coefficient (Wildman–Crippen LogP) is 4.64. The number of piperidine rings is 1. The first-order chi connectivity index (χ1) is 16.5. The zero-order valence-corrected chi connectivity index (χ0v) is 19.9. The van der Waals surface area contributed by atoms with Gasteiger partial charge in [-0.05, 0) is 61.6 Å². The Bertz CT molecular complexity index is 1020. The second-order valence-corrected chi connectivity index (χ2v) is 8.34. The Morgan fingerprint density at radius 1 is 1.18 bits per heavy atom. The van der Waals surface area contributed by atoms with Gasteiger partial charge in [-0.25, -0.2) is 4.79 Å². The van der Waals surface area contributed by atoms with E-state index in [4.69, 9.17) is 9.47 Å². The largest absolute Gasteiger partial charge is 0.493 e. The van der Waals surface area contributed by atoms with Gasteiger partial charge in [0.2, 0.25) is 5.91 Å². The molecule has 0 saturated carbocycles. The van der Waals surface area contributed by atoms with Crippen molar-refractivity contribution in [3.63, 3.8) is 0 Å². The molecule has 2 N–H and O–H groups in total. The maximum absolute atomic E-state index is 12.8. The number of nitrogens with zero attached hydrogens (tertiary/aromatic N) is 1. The number of anilines is 1. The number of aryl methyl sites for hydroxylation is 1. The lowest BCUT2D eigenvalue weighted by molar-refractivity contribution is -0.127. The molecule has 1 heterocycles. The average Bonchev–Trinajstić information content (AvgIpc) is 2.86. The van der Waals surface area contributed by atoms with Crippen molar-refractivity contribution in [2.75, 3.05) is 38.7 Å². The number of methoxy groups -OCH3 is 1. The predicted molar refractivity (Wildman–Crippen MR) is 135 cm³/mol. The summed E-state index contributed by atoms with van der Waals surface area (Å²) >= 11 is 0. The van der Waals surface area contributed by atoms with Gasteiger partial charge < -0.3 is 25.0 Å². The van der Waals surface area contributed by atoms with Crippen LogP contribution in [-0.2, 0) is 4.79 Å². The molecular weight excluding hydrogens is 430 g/mol. The van der Waals surface area contributed by atoms with E-state index in [-0.39, 0.29) is 17.9 Å². The van der Waals surface area contributed by atoms with Crippen molar-refractivity contribution < 1.29 is 19.1 Å². The molecule has 2 aromatic carbocycles. The quantitative estimate of drug-likeness (QED) is 0.419. The van der Waals surface area contributed by atoms with Gasteiger partial charge in [-0.3, -0.25) is 4.79 Å². The van der Waals surface area contributed by atoms with Crippen LogP contribution in [-0.4, -0.2) is 50.2 Å². The number of carbonyl (C=O) groups excluding carboxylic acids is 2. The van der Waals surface area contributed by atoms with Crippen LogP contribution in [0.4, 0.5) is 10.5 Å². The Kier molecular flexibility index (Phi) is 9.14. The van der Waals surface area contributed by atoms with E-state index in [2.05, 4.69) is 17.2 Å². The summed E-state index contributed by atoms with van der Waals surface area (Å²) in [4.78, 5) is 26.8. The first kappa shape index (κ1) is 24.9. The van der Waals surface area contributed by atoms with Crippen LogP contribution in [0.5, 0.6) is 11.5 Å². The van der Waals surface area contributed by atoms with E-state index >= 15 is 0 Å². The van der Waals surface area contributed by atoms with Crippen molar-refractivity contribution in [1.82, 2.24) is 10.2 Å². The standard InChI is InChI=1S/C27H33N3O4/c1-4-16-34-24-13-9-21(17-25(24)33-3)10-14-26(31)30-15-5-6-22(19-30)18-28-27(32)29-23-11-7-20(2)8-12-23/h4,7-14,17,22H,1,5-6,15-16,18-19H2,2-3H3,(H2,28,29,32)/b14-10+. The van der Waals surface area contributed by atoms with Crippen LogP contribution < -0.4 is 20.1 Å². The summed E-state index contributed by atoms with van der Waals surface area (Å²) in [6, 6.07) is 12.9. The summed E-state index contributed by atoms with van der Waals surface area (Å²) in [5.41, 5.74) is 2.74. The number of benzene rings is 2. The lowest BCUT2D eigenvalue weighted by Crippen LogP contribution is -2.43. The van der Waals surface area contributed by atoms with Crippen LogP contribution in [0.3, 0.4) is 0 Å². The lowest BCUT2D eigenvalue weighted by atomic mass is 9.98. The second kappa shape index (κ2) is 12.5. The molecule has 1 aliphatic heterocycles. The Balaban J connectivity index is 1.49. The van der Waals surface area contributed by atoms with Crippen molar-refractivity contribution in [2.24, 2.45) is 5.92 Å². The molecule has 2 aromatic rings. The minimum absolute atomic E-state index is 0.0419. The number of likely N-dealkylation sites (tertiary alicyclic amines) is 1. The molecule has 1 aliphatic rings. The van der Waals surface area contributed by atoms with E-state index < -0.39 is 0 Å². The number of hydrogen-bond acceptors (Lipinski definition) is 4. The fourth-order valence-corrected chi connectivity index (χ4v) is 3.81. The molecule has 1 atom stereocenters. The van der Waals surface area contributed by atoms with Gasteiger partial charge in [0, 0.05) is 31.4 Å². The maximum atomic E-state index is 12.8. The fourth-order valence-electron chi connectivity index (χ4n) is 3.81. The normalized spacial score (nSPS) is 15.6. The van der Waals surface area contributed by atoms with Gasteiger partial charge in [-0.15, -0.1) is 0 Å². The van der Waals surface area contributed by atoms with Crippen molar-refractivity contribution in [2.45, 2.75) is 19.8 Å². The fraction of sp³-hybridized carbons (Fsp3) is 0.333. The van der Waals surface area contributed by atoms with E-state index in [0.717, 1.165) is 29.7 Å². The van der Waals surface area contributed by atoms with E-state index in [1.807, 2.05) is 54.3 Å². The lowest BCUT2D eigenvalue weighted by Gasteiger charge is -2.32.